The van der Waals surface area contributed by atoms with Gasteiger partial charge in [-0.25, -0.2) is 5.10 Å². The minimum atomic E-state index is -0.316. The van der Waals surface area contributed by atoms with Crippen molar-refractivity contribution in [3.8, 4) is 0 Å². The van der Waals surface area contributed by atoms with E-state index in [-0.39, 0.29) is 10.6 Å². The molecule has 5 heteroatoms. The molecular weight excluding hydrogens is 202 g/mol. The van der Waals surface area contributed by atoms with E-state index in [9.17, 15) is 4.79 Å². The highest BCUT2D eigenvalue weighted by molar-refractivity contribution is 6.33. The molecule has 0 unspecified atom stereocenters. The second-order valence-electron chi connectivity index (χ2n) is 3.74. The molecule has 1 aromatic rings. The van der Waals surface area contributed by atoms with Crippen molar-refractivity contribution >= 4 is 17.3 Å². The molecule has 14 heavy (non-hydrogen) atoms. The van der Waals surface area contributed by atoms with E-state index >= 15 is 0 Å². The van der Waals surface area contributed by atoms with E-state index in [4.69, 9.17) is 11.6 Å². The second-order valence-corrected chi connectivity index (χ2v) is 4.12. The van der Waals surface area contributed by atoms with Crippen LogP contribution >= 0.6 is 11.6 Å². The Hall–Kier alpha value is -1.03. The van der Waals surface area contributed by atoms with Gasteiger partial charge in [0.1, 0.15) is 5.02 Å². The first-order valence-electron chi connectivity index (χ1n) is 4.66. The zero-order valence-corrected chi connectivity index (χ0v) is 8.71. The minimum absolute atomic E-state index is 0.245. The van der Waals surface area contributed by atoms with Crippen LogP contribution in [0.3, 0.4) is 0 Å². The third kappa shape index (κ3) is 1.62. The van der Waals surface area contributed by atoms with E-state index in [1.165, 1.54) is 0 Å². The Morgan fingerprint density at radius 1 is 1.71 bits per heavy atom. The zero-order chi connectivity index (χ0) is 10.1. The average molecular weight is 214 g/mol. The van der Waals surface area contributed by atoms with Gasteiger partial charge < -0.3 is 4.90 Å². The second kappa shape index (κ2) is 3.61. The molecular formula is C9H12ClN3O. The largest absolute Gasteiger partial charge is 0.369 e. The van der Waals surface area contributed by atoms with E-state index in [1.54, 1.807) is 6.20 Å². The summed E-state index contributed by atoms with van der Waals surface area (Å²) in [6, 6.07) is 0. The smallest absolute Gasteiger partial charge is 0.285 e. The molecule has 1 aromatic heterocycles. The van der Waals surface area contributed by atoms with Gasteiger partial charge in [-0.3, -0.25) is 4.79 Å². The number of aromatic amines is 1. The summed E-state index contributed by atoms with van der Waals surface area (Å²) < 4.78 is 0. The number of rotatable bonds is 1. The molecule has 2 heterocycles. The van der Waals surface area contributed by atoms with Gasteiger partial charge in [0.15, 0.2) is 0 Å². The van der Waals surface area contributed by atoms with Crippen LogP contribution in [0.4, 0.5) is 5.69 Å². The fraction of sp³-hybridized carbons (Fsp3) is 0.556. The summed E-state index contributed by atoms with van der Waals surface area (Å²) in [6.45, 7) is 4.09. The molecule has 1 atom stereocenters. The van der Waals surface area contributed by atoms with Crippen LogP contribution in [0.15, 0.2) is 11.0 Å². The number of anilines is 1. The van der Waals surface area contributed by atoms with Crippen molar-refractivity contribution < 1.29 is 0 Å². The van der Waals surface area contributed by atoms with Gasteiger partial charge in [0.05, 0.1) is 11.9 Å². The third-order valence-corrected chi connectivity index (χ3v) is 2.91. The number of aromatic nitrogens is 2. The van der Waals surface area contributed by atoms with Crippen molar-refractivity contribution in [3.63, 3.8) is 0 Å². The van der Waals surface area contributed by atoms with Gasteiger partial charge in [0, 0.05) is 13.1 Å². The summed E-state index contributed by atoms with van der Waals surface area (Å²) in [4.78, 5) is 13.3. The van der Waals surface area contributed by atoms with Crippen molar-refractivity contribution in [1.82, 2.24) is 10.2 Å². The first kappa shape index (κ1) is 9.52. The SMILES string of the molecule is C[C@H]1CCN(c2cn[nH]c(=O)c2Cl)C1. The normalized spacial score (nSPS) is 21.6. The minimum Gasteiger partial charge on any atom is -0.369 e. The molecule has 0 amide bonds. The lowest BCUT2D eigenvalue weighted by molar-refractivity contribution is 0.659. The van der Waals surface area contributed by atoms with Gasteiger partial charge in [-0.2, -0.15) is 5.10 Å². The molecule has 76 valence electrons. The molecule has 0 spiro atoms. The van der Waals surface area contributed by atoms with Gasteiger partial charge in [0.25, 0.3) is 5.56 Å². The number of nitrogens with one attached hydrogen (secondary N) is 1. The summed E-state index contributed by atoms with van der Waals surface area (Å²) in [5, 5.41) is 6.31. The van der Waals surface area contributed by atoms with Crippen molar-refractivity contribution in [2.24, 2.45) is 5.92 Å². The van der Waals surface area contributed by atoms with Crippen LogP contribution in [0.5, 0.6) is 0 Å². The zero-order valence-electron chi connectivity index (χ0n) is 7.96. The molecule has 0 aromatic carbocycles. The lowest BCUT2D eigenvalue weighted by atomic mass is 10.2. The van der Waals surface area contributed by atoms with Crippen molar-refractivity contribution in [1.29, 1.82) is 0 Å². The summed E-state index contributed by atoms with van der Waals surface area (Å²) in [5.41, 5.74) is 0.434. The predicted molar refractivity (Wildman–Crippen MR) is 55.9 cm³/mol. The van der Waals surface area contributed by atoms with Crippen LogP contribution in [0.1, 0.15) is 13.3 Å². The fourth-order valence-electron chi connectivity index (χ4n) is 1.75. The fourth-order valence-corrected chi connectivity index (χ4v) is 1.96. The Morgan fingerprint density at radius 2 is 2.50 bits per heavy atom. The highest BCUT2D eigenvalue weighted by atomic mass is 35.5. The third-order valence-electron chi connectivity index (χ3n) is 2.54. The quantitative estimate of drug-likeness (QED) is 0.765. The molecule has 1 N–H and O–H groups in total. The van der Waals surface area contributed by atoms with Crippen molar-refractivity contribution in [3.05, 3.63) is 21.6 Å². The van der Waals surface area contributed by atoms with E-state index in [2.05, 4.69) is 22.0 Å². The van der Waals surface area contributed by atoms with Gasteiger partial charge in [-0.05, 0) is 12.3 Å². The number of nitrogens with zero attached hydrogens (tertiary/aromatic N) is 2. The molecule has 2 rings (SSSR count). The maximum atomic E-state index is 11.2. The molecule has 1 saturated heterocycles. The summed E-state index contributed by atoms with van der Waals surface area (Å²) in [6.07, 6.45) is 2.75. The van der Waals surface area contributed by atoms with Crippen LogP contribution < -0.4 is 10.5 Å². The first-order valence-corrected chi connectivity index (χ1v) is 5.04. The maximum absolute atomic E-state index is 11.2. The summed E-state index contributed by atoms with van der Waals surface area (Å²) >= 11 is 5.90. The Kier molecular flexibility index (Phi) is 2.46. The lowest BCUT2D eigenvalue weighted by Gasteiger charge is -2.17. The predicted octanol–water partition coefficient (Wildman–Crippen LogP) is 1.27. The number of halogens is 1. The van der Waals surface area contributed by atoms with Crippen molar-refractivity contribution in [2.45, 2.75) is 13.3 Å². The number of H-pyrrole nitrogens is 1. The van der Waals surface area contributed by atoms with Crippen LogP contribution in [0.25, 0.3) is 0 Å². The van der Waals surface area contributed by atoms with Crippen LogP contribution in [-0.2, 0) is 0 Å². The van der Waals surface area contributed by atoms with E-state index in [0.717, 1.165) is 25.2 Å². The summed E-state index contributed by atoms with van der Waals surface area (Å²) in [5.74, 6) is 0.658. The molecule has 1 fully saturated rings. The van der Waals surface area contributed by atoms with E-state index < -0.39 is 0 Å². The van der Waals surface area contributed by atoms with Gasteiger partial charge >= 0.3 is 0 Å². The number of hydrogen-bond acceptors (Lipinski definition) is 3. The van der Waals surface area contributed by atoms with Crippen LogP contribution in [0, 0.1) is 5.92 Å². The molecule has 4 nitrogen and oxygen atoms in total. The van der Waals surface area contributed by atoms with Gasteiger partial charge in [-0.1, -0.05) is 18.5 Å². The van der Waals surface area contributed by atoms with Gasteiger partial charge in [-0.15, -0.1) is 0 Å². The molecule has 1 aliphatic rings. The molecule has 0 aliphatic carbocycles. The maximum Gasteiger partial charge on any atom is 0.285 e. The monoisotopic (exact) mass is 213 g/mol. The molecule has 1 aliphatic heterocycles. The Balaban J connectivity index is 2.33. The highest BCUT2D eigenvalue weighted by Gasteiger charge is 2.21. The lowest BCUT2D eigenvalue weighted by Crippen LogP contribution is -2.23. The first-order chi connectivity index (χ1) is 6.68. The van der Waals surface area contributed by atoms with Crippen LogP contribution in [-0.4, -0.2) is 23.3 Å². The Morgan fingerprint density at radius 3 is 3.14 bits per heavy atom. The van der Waals surface area contributed by atoms with Crippen molar-refractivity contribution in [2.75, 3.05) is 18.0 Å². The topological polar surface area (TPSA) is 49.0 Å². The summed E-state index contributed by atoms with van der Waals surface area (Å²) in [7, 11) is 0. The van der Waals surface area contributed by atoms with Gasteiger partial charge in [0.2, 0.25) is 0 Å². The molecule has 0 saturated carbocycles. The van der Waals surface area contributed by atoms with Crippen LogP contribution in [0.2, 0.25) is 5.02 Å². The van der Waals surface area contributed by atoms with E-state index in [0.29, 0.717) is 5.92 Å². The van der Waals surface area contributed by atoms with E-state index in [1.807, 2.05) is 0 Å². The Labute approximate surface area is 86.9 Å². The Bertz CT molecular complexity index is 390. The molecule has 0 radical (unpaired) electrons. The highest BCUT2D eigenvalue weighted by Crippen LogP contribution is 2.26. The molecule has 0 bridgehead atoms. The number of hydrogen-bond donors (Lipinski definition) is 1. The standard InChI is InChI=1S/C9H12ClN3O/c1-6-2-3-13(5-6)7-4-11-12-9(14)8(7)10/h4,6H,2-3,5H2,1H3,(H,12,14)/t6-/m0/s1. The average Bonchev–Trinajstić information content (AvgIpc) is 2.57.